The molecule has 2 heteroatoms. The average molecular weight is 169 g/mol. The minimum atomic E-state index is 0.380. The molecule has 1 aliphatic carbocycles. The summed E-state index contributed by atoms with van der Waals surface area (Å²) in [6.45, 7) is 6.45. The highest BCUT2D eigenvalue weighted by Gasteiger charge is 2.58. The number of hydrogen-bond acceptors (Lipinski definition) is 2. The van der Waals surface area contributed by atoms with Gasteiger partial charge < -0.3 is 10.5 Å². The van der Waals surface area contributed by atoms with Crippen LogP contribution >= 0.6 is 0 Å². The van der Waals surface area contributed by atoms with Gasteiger partial charge in [-0.15, -0.1) is 0 Å². The third-order valence-electron chi connectivity index (χ3n) is 3.70. The molecule has 0 amide bonds. The Labute approximate surface area is 74.5 Å². The molecule has 1 saturated heterocycles. The minimum absolute atomic E-state index is 0.380. The summed E-state index contributed by atoms with van der Waals surface area (Å²) in [7, 11) is 0. The SMILES string of the molecule is CC1(C)C(N)C1C1CCCOC1. The molecule has 0 aromatic heterocycles. The third kappa shape index (κ3) is 1.17. The van der Waals surface area contributed by atoms with Crippen molar-refractivity contribution in [3.8, 4) is 0 Å². The first-order chi connectivity index (χ1) is 5.64. The summed E-state index contributed by atoms with van der Waals surface area (Å²) in [5.41, 5.74) is 6.40. The lowest BCUT2D eigenvalue weighted by Crippen LogP contribution is -2.22. The van der Waals surface area contributed by atoms with Crippen LogP contribution in [0.25, 0.3) is 0 Å². The van der Waals surface area contributed by atoms with Crippen molar-refractivity contribution in [2.24, 2.45) is 23.0 Å². The van der Waals surface area contributed by atoms with E-state index in [1.54, 1.807) is 0 Å². The standard InChI is InChI=1S/C10H19NO/c1-10(2)8(9(10)11)7-4-3-5-12-6-7/h7-9H,3-6,11H2,1-2H3. The Bertz CT molecular complexity index is 173. The van der Waals surface area contributed by atoms with Crippen LogP contribution in [0.3, 0.4) is 0 Å². The van der Waals surface area contributed by atoms with Crippen LogP contribution in [0.4, 0.5) is 0 Å². The predicted octanol–water partition coefficient (Wildman–Crippen LogP) is 1.40. The van der Waals surface area contributed by atoms with Crippen molar-refractivity contribution in [3.05, 3.63) is 0 Å². The molecule has 3 atom stereocenters. The van der Waals surface area contributed by atoms with E-state index in [1.165, 1.54) is 12.8 Å². The lowest BCUT2D eigenvalue weighted by atomic mass is 9.92. The van der Waals surface area contributed by atoms with Crippen molar-refractivity contribution in [1.82, 2.24) is 0 Å². The molecule has 0 aromatic carbocycles. The van der Waals surface area contributed by atoms with Crippen LogP contribution < -0.4 is 5.73 Å². The Morgan fingerprint density at radius 3 is 2.50 bits per heavy atom. The zero-order valence-corrected chi connectivity index (χ0v) is 8.05. The second-order valence-electron chi connectivity index (χ2n) is 4.85. The van der Waals surface area contributed by atoms with Gasteiger partial charge in [0.05, 0.1) is 0 Å². The summed E-state index contributed by atoms with van der Waals surface area (Å²) < 4.78 is 5.47. The van der Waals surface area contributed by atoms with E-state index >= 15 is 0 Å². The number of ether oxygens (including phenoxy) is 1. The van der Waals surface area contributed by atoms with Crippen LogP contribution in [-0.2, 0) is 4.74 Å². The van der Waals surface area contributed by atoms with Gasteiger partial charge in [0.2, 0.25) is 0 Å². The molecule has 2 N–H and O–H groups in total. The van der Waals surface area contributed by atoms with E-state index in [1.807, 2.05) is 0 Å². The zero-order valence-electron chi connectivity index (χ0n) is 8.05. The Balaban J connectivity index is 1.93. The molecular formula is C10H19NO. The fourth-order valence-electron chi connectivity index (χ4n) is 2.67. The second kappa shape index (κ2) is 2.71. The fraction of sp³-hybridized carbons (Fsp3) is 1.00. The summed E-state index contributed by atoms with van der Waals surface area (Å²) >= 11 is 0. The smallest absolute Gasteiger partial charge is 0.0497 e. The van der Waals surface area contributed by atoms with Gasteiger partial charge in [-0.2, -0.15) is 0 Å². The van der Waals surface area contributed by atoms with E-state index < -0.39 is 0 Å². The van der Waals surface area contributed by atoms with E-state index in [0.29, 0.717) is 11.5 Å². The van der Waals surface area contributed by atoms with Gasteiger partial charge in [-0.3, -0.25) is 0 Å². The highest BCUT2D eigenvalue weighted by atomic mass is 16.5. The summed E-state index contributed by atoms with van der Waals surface area (Å²) in [6.07, 6.45) is 2.55. The van der Waals surface area contributed by atoms with E-state index in [4.69, 9.17) is 10.5 Å². The van der Waals surface area contributed by atoms with Crippen LogP contribution in [0, 0.1) is 17.3 Å². The van der Waals surface area contributed by atoms with E-state index in [-0.39, 0.29) is 0 Å². The minimum Gasteiger partial charge on any atom is -0.381 e. The molecule has 0 bridgehead atoms. The van der Waals surface area contributed by atoms with Crippen molar-refractivity contribution in [2.75, 3.05) is 13.2 Å². The Morgan fingerprint density at radius 2 is 2.08 bits per heavy atom. The summed E-state index contributed by atoms with van der Waals surface area (Å²) in [6, 6.07) is 0.421. The fourth-order valence-corrected chi connectivity index (χ4v) is 2.67. The first-order valence-electron chi connectivity index (χ1n) is 4.97. The molecule has 0 radical (unpaired) electrons. The molecule has 1 saturated carbocycles. The predicted molar refractivity (Wildman–Crippen MR) is 48.8 cm³/mol. The molecule has 2 aliphatic rings. The lowest BCUT2D eigenvalue weighted by Gasteiger charge is -2.23. The first kappa shape index (κ1) is 8.52. The van der Waals surface area contributed by atoms with E-state index in [0.717, 1.165) is 25.0 Å². The third-order valence-corrected chi connectivity index (χ3v) is 3.70. The Morgan fingerprint density at radius 1 is 1.42 bits per heavy atom. The van der Waals surface area contributed by atoms with Gasteiger partial charge in [0, 0.05) is 19.3 Å². The van der Waals surface area contributed by atoms with Crippen LogP contribution in [0.1, 0.15) is 26.7 Å². The van der Waals surface area contributed by atoms with Gasteiger partial charge in [-0.05, 0) is 30.1 Å². The van der Waals surface area contributed by atoms with Gasteiger partial charge in [0.25, 0.3) is 0 Å². The van der Waals surface area contributed by atoms with E-state index in [2.05, 4.69) is 13.8 Å². The van der Waals surface area contributed by atoms with Crippen molar-refractivity contribution >= 4 is 0 Å². The van der Waals surface area contributed by atoms with Gasteiger partial charge in [0.15, 0.2) is 0 Å². The summed E-state index contributed by atoms with van der Waals surface area (Å²) in [5.74, 6) is 1.46. The molecule has 0 aromatic rings. The summed E-state index contributed by atoms with van der Waals surface area (Å²) in [4.78, 5) is 0. The van der Waals surface area contributed by atoms with E-state index in [9.17, 15) is 0 Å². The van der Waals surface area contributed by atoms with Crippen LogP contribution in [0.5, 0.6) is 0 Å². The monoisotopic (exact) mass is 169 g/mol. The Hall–Kier alpha value is -0.0800. The molecular weight excluding hydrogens is 150 g/mol. The molecule has 1 aliphatic heterocycles. The van der Waals surface area contributed by atoms with Crippen LogP contribution in [-0.4, -0.2) is 19.3 Å². The average Bonchev–Trinajstić information content (AvgIpc) is 2.53. The number of rotatable bonds is 1. The largest absolute Gasteiger partial charge is 0.381 e. The number of hydrogen-bond donors (Lipinski definition) is 1. The van der Waals surface area contributed by atoms with Crippen LogP contribution in [0.2, 0.25) is 0 Å². The van der Waals surface area contributed by atoms with Crippen molar-refractivity contribution in [1.29, 1.82) is 0 Å². The molecule has 70 valence electrons. The van der Waals surface area contributed by atoms with Gasteiger partial charge in [0.1, 0.15) is 0 Å². The lowest BCUT2D eigenvalue weighted by molar-refractivity contribution is 0.0414. The molecule has 12 heavy (non-hydrogen) atoms. The Kier molecular flexibility index (Phi) is 1.92. The zero-order chi connectivity index (χ0) is 8.77. The quantitative estimate of drug-likeness (QED) is 0.644. The topological polar surface area (TPSA) is 35.2 Å². The first-order valence-corrected chi connectivity index (χ1v) is 4.97. The molecule has 2 fully saturated rings. The van der Waals surface area contributed by atoms with Crippen molar-refractivity contribution < 1.29 is 4.74 Å². The molecule has 2 rings (SSSR count). The molecule has 3 unspecified atom stereocenters. The maximum Gasteiger partial charge on any atom is 0.0497 e. The van der Waals surface area contributed by atoms with Crippen molar-refractivity contribution in [2.45, 2.75) is 32.7 Å². The maximum atomic E-state index is 6.02. The highest BCUT2D eigenvalue weighted by molar-refractivity contribution is 5.11. The van der Waals surface area contributed by atoms with Gasteiger partial charge >= 0.3 is 0 Å². The molecule has 2 nitrogen and oxygen atoms in total. The van der Waals surface area contributed by atoms with Gasteiger partial charge in [-0.25, -0.2) is 0 Å². The summed E-state index contributed by atoms with van der Waals surface area (Å²) in [5, 5.41) is 0. The highest BCUT2D eigenvalue weighted by Crippen LogP contribution is 2.55. The maximum absolute atomic E-state index is 6.02. The molecule has 1 heterocycles. The van der Waals surface area contributed by atoms with Gasteiger partial charge in [-0.1, -0.05) is 13.8 Å². The normalized spacial score (nSPS) is 45.8. The second-order valence-corrected chi connectivity index (χ2v) is 4.85. The number of nitrogens with two attached hydrogens (primary N) is 1. The van der Waals surface area contributed by atoms with Crippen molar-refractivity contribution in [3.63, 3.8) is 0 Å². The van der Waals surface area contributed by atoms with Crippen LogP contribution in [0.15, 0.2) is 0 Å². The molecule has 0 spiro atoms.